The van der Waals surface area contributed by atoms with E-state index in [2.05, 4.69) is 6.92 Å². The Morgan fingerprint density at radius 2 is 2.04 bits per heavy atom. The number of carboxylic acid groups (broad SMARTS) is 1. The third-order valence-corrected chi connectivity index (χ3v) is 4.59. The quantitative estimate of drug-likeness (QED) is 0.828. The number of likely N-dealkylation sites (tertiary alicyclic amines) is 1. The first-order valence-corrected chi connectivity index (χ1v) is 8.77. The van der Waals surface area contributed by atoms with Crippen molar-refractivity contribution in [3.05, 3.63) is 29.8 Å². The first-order chi connectivity index (χ1) is 11.5. The maximum atomic E-state index is 12.6. The molecule has 1 aromatic rings. The molecule has 1 aliphatic rings. The molecule has 132 valence electrons. The van der Waals surface area contributed by atoms with Crippen LogP contribution in [-0.2, 0) is 4.79 Å². The summed E-state index contributed by atoms with van der Waals surface area (Å²) in [5.74, 6) is 0.311. The van der Waals surface area contributed by atoms with Crippen LogP contribution in [0.1, 0.15) is 56.3 Å². The lowest BCUT2D eigenvalue weighted by Gasteiger charge is -2.32. The van der Waals surface area contributed by atoms with Crippen molar-refractivity contribution in [3.63, 3.8) is 0 Å². The number of benzene rings is 1. The van der Waals surface area contributed by atoms with Gasteiger partial charge < -0.3 is 14.7 Å². The van der Waals surface area contributed by atoms with Gasteiger partial charge in [0.05, 0.1) is 6.10 Å². The fourth-order valence-electron chi connectivity index (χ4n) is 2.99. The molecule has 2 rings (SSSR count). The minimum absolute atomic E-state index is 0.0186. The largest absolute Gasteiger partial charge is 0.491 e. The van der Waals surface area contributed by atoms with E-state index in [1.54, 1.807) is 12.1 Å². The van der Waals surface area contributed by atoms with E-state index in [9.17, 15) is 9.59 Å². The third kappa shape index (κ3) is 5.25. The maximum absolute atomic E-state index is 12.6. The first kappa shape index (κ1) is 18.3. The number of rotatable bonds is 7. The van der Waals surface area contributed by atoms with E-state index in [0.717, 1.165) is 31.6 Å². The monoisotopic (exact) mass is 333 g/mol. The summed E-state index contributed by atoms with van der Waals surface area (Å²) in [4.78, 5) is 25.2. The van der Waals surface area contributed by atoms with Crippen LogP contribution < -0.4 is 4.74 Å². The second kappa shape index (κ2) is 8.71. The van der Waals surface area contributed by atoms with Gasteiger partial charge in [0.25, 0.3) is 5.91 Å². The Morgan fingerprint density at radius 3 is 2.67 bits per heavy atom. The van der Waals surface area contributed by atoms with E-state index in [1.165, 1.54) is 0 Å². The van der Waals surface area contributed by atoms with Crippen molar-refractivity contribution < 1.29 is 19.4 Å². The summed E-state index contributed by atoms with van der Waals surface area (Å²) in [6, 6.07) is 7.29. The van der Waals surface area contributed by atoms with Crippen LogP contribution in [0.25, 0.3) is 0 Å². The molecule has 2 atom stereocenters. The van der Waals surface area contributed by atoms with Crippen LogP contribution in [0.2, 0.25) is 0 Å². The highest BCUT2D eigenvalue weighted by atomic mass is 16.5. The van der Waals surface area contributed by atoms with Crippen LogP contribution in [-0.4, -0.2) is 41.1 Å². The standard InChI is InChI=1S/C19H27NO4/c1-3-14(2)24-17-9-7-16(8-10-17)19(23)20-12-4-5-15(13-20)6-11-18(21)22/h7-10,14-15H,3-6,11-13H2,1-2H3,(H,21,22). The van der Waals surface area contributed by atoms with E-state index in [0.29, 0.717) is 18.5 Å². The number of aliphatic carboxylic acids is 1. The molecule has 0 bridgehead atoms. The van der Waals surface area contributed by atoms with E-state index >= 15 is 0 Å². The number of piperidine rings is 1. The Balaban J connectivity index is 1.93. The lowest BCUT2D eigenvalue weighted by Crippen LogP contribution is -2.40. The highest BCUT2D eigenvalue weighted by molar-refractivity contribution is 5.94. The van der Waals surface area contributed by atoms with Crippen molar-refractivity contribution in [1.82, 2.24) is 4.90 Å². The zero-order valence-corrected chi connectivity index (χ0v) is 14.5. The van der Waals surface area contributed by atoms with Gasteiger partial charge in [-0.1, -0.05) is 6.92 Å². The Kier molecular flexibility index (Phi) is 6.64. The normalized spacial score (nSPS) is 18.9. The van der Waals surface area contributed by atoms with E-state index < -0.39 is 5.97 Å². The van der Waals surface area contributed by atoms with Gasteiger partial charge in [-0.25, -0.2) is 0 Å². The number of carbonyl (C=O) groups excluding carboxylic acids is 1. The summed E-state index contributed by atoms with van der Waals surface area (Å²) < 4.78 is 5.73. The molecule has 1 heterocycles. The van der Waals surface area contributed by atoms with Crippen molar-refractivity contribution in [2.24, 2.45) is 5.92 Å². The Labute approximate surface area is 143 Å². The summed E-state index contributed by atoms with van der Waals surface area (Å²) in [5.41, 5.74) is 0.658. The van der Waals surface area contributed by atoms with Crippen molar-refractivity contribution in [1.29, 1.82) is 0 Å². The van der Waals surface area contributed by atoms with E-state index in [-0.39, 0.29) is 24.3 Å². The number of nitrogens with zero attached hydrogens (tertiary/aromatic N) is 1. The average molecular weight is 333 g/mol. The first-order valence-electron chi connectivity index (χ1n) is 8.77. The molecule has 1 amide bonds. The van der Waals surface area contributed by atoms with Gasteiger partial charge in [0.15, 0.2) is 0 Å². The van der Waals surface area contributed by atoms with Crippen molar-refractivity contribution in [2.45, 2.75) is 52.1 Å². The molecular formula is C19H27NO4. The molecule has 1 saturated heterocycles. The fraction of sp³-hybridized carbons (Fsp3) is 0.579. The summed E-state index contributed by atoms with van der Waals surface area (Å²) in [5, 5.41) is 8.81. The number of carboxylic acids is 1. The zero-order valence-electron chi connectivity index (χ0n) is 14.5. The van der Waals surface area contributed by atoms with Crippen LogP contribution in [0.5, 0.6) is 5.75 Å². The summed E-state index contributed by atoms with van der Waals surface area (Å²) in [7, 11) is 0. The van der Waals surface area contributed by atoms with Crippen LogP contribution in [0.4, 0.5) is 0 Å². The number of hydrogen-bond donors (Lipinski definition) is 1. The molecule has 0 aliphatic carbocycles. The predicted octanol–water partition coefficient (Wildman–Crippen LogP) is 3.58. The van der Waals surface area contributed by atoms with Crippen LogP contribution in [0.3, 0.4) is 0 Å². The molecule has 1 aromatic carbocycles. The van der Waals surface area contributed by atoms with Gasteiger partial charge in [-0.05, 0) is 62.8 Å². The Hall–Kier alpha value is -2.04. The van der Waals surface area contributed by atoms with Gasteiger partial charge in [0, 0.05) is 25.1 Å². The molecule has 0 saturated carbocycles. The van der Waals surface area contributed by atoms with Crippen molar-refractivity contribution in [2.75, 3.05) is 13.1 Å². The summed E-state index contributed by atoms with van der Waals surface area (Å²) in [6.07, 6.45) is 3.84. The average Bonchev–Trinajstić information content (AvgIpc) is 2.60. The molecular weight excluding hydrogens is 306 g/mol. The second-order valence-corrected chi connectivity index (χ2v) is 6.55. The molecule has 0 aromatic heterocycles. The lowest BCUT2D eigenvalue weighted by atomic mass is 9.93. The predicted molar refractivity (Wildman–Crippen MR) is 92.3 cm³/mol. The number of hydrogen-bond acceptors (Lipinski definition) is 3. The molecule has 1 fully saturated rings. The number of ether oxygens (including phenoxy) is 1. The van der Waals surface area contributed by atoms with Gasteiger partial charge >= 0.3 is 5.97 Å². The molecule has 0 spiro atoms. The molecule has 0 radical (unpaired) electrons. The molecule has 5 heteroatoms. The fourth-order valence-corrected chi connectivity index (χ4v) is 2.99. The van der Waals surface area contributed by atoms with Crippen LogP contribution in [0, 0.1) is 5.92 Å². The maximum Gasteiger partial charge on any atom is 0.303 e. The highest BCUT2D eigenvalue weighted by Crippen LogP contribution is 2.23. The minimum atomic E-state index is -0.768. The molecule has 1 aliphatic heterocycles. The van der Waals surface area contributed by atoms with Gasteiger partial charge in [-0.3, -0.25) is 9.59 Å². The van der Waals surface area contributed by atoms with E-state index in [1.807, 2.05) is 24.0 Å². The molecule has 24 heavy (non-hydrogen) atoms. The minimum Gasteiger partial charge on any atom is -0.491 e. The van der Waals surface area contributed by atoms with Crippen LogP contribution >= 0.6 is 0 Å². The number of amides is 1. The smallest absolute Gasteiger partial charge is 0.303 e. The van der Waals surface area contributed by atoms with Crippen LogP contribution in [0.15, 0.2) is 24.3 Å². The van der Waals surface area contributed by atoms with Gasteiger partial charge in [-0.15, -0.1) is 0 Å². The second-order valence-electron chi connectivity index (χ2n) is 6.55. The highest BCUT2D eigenvalue weighted by Gasteiger charge is 2.24. The van der Waals surface area contributed by atoms with Gasteiger partial charge in [-0.2, -0.15) is 0 Å². The molecule has 2 unspecified atom stereocenters. The third-order valence-electron chi connectivity index (χ3n) is 4.59. The zero-order chi connectivity index (χ0) is 17.5. The van der Waals surface area contributed by atoms with Crippen molar-refractivity contribution >= 4 is 11.9 Å². The lowest BCUT2D eigenvalue weighted by molar-refractivity contribution is -0.137. The van der Waals surface area contributed by atoms with Gasteiger partial charge in [0.1, 0.15) is 5.75 Å². The number of carbonyl (C=O) groups is 2. The summed E-state index contributed by atoms with van der Waals surface area (Å²) in [6.45, 7) is 5.48. The molecule has 1 N–H and O–H groups in total. The van der Waals surface area contributed by atoms with E-state index in [4.69, 9.17) is 9.84 Å². The van der Waals surface area contributed by atoms with Gasteiger partial charge in [0.2, 0.25) is 0 Å². The topological polar surface area (TPSA) is 66.8 Å². The molecule has 5 nitrogen and oxygen atoms in total. The Bertz CT molecular complexity index is 555. The summed E-state index contributed by atoms with van der Waals surface area (Å²) >= 11 is 0. The Morgan fingerprint density at radius 1 is 1.33 bits per heavy atom. The van der Waals surface area contributed by atoms with Crippen molar-refractivity contribution in [3.8, 4) is 5.75 Å². The SMILES string of the molecule is CCC(C)Oc1ccc(C(=O)N2CCCC(CCC(=O)O)C2)cc1.